The molecule has 2 heterocycles. The Hall–Kier alpha value is -2.35. The molecule has 0 unspecified atom stereocenters. The standard InChI is InChI=1S/C16H17FN4O2S/c1-4-23-14(22)12-9(2)18-15-19-16(24-3)20-21(15)13(12)10-7-5-6-8-11(10)17/h5-8,13H,4H2,1-3H3,(H,18,19,20)/t13-/m0/s1. The van der Waals surface area contributed by atoms with Crippen molar-refractivity contribution in [3.63, 3.8) is 0 Å². The fourth-order valence-corrected chi connectivity index (χ4v) is 3.02. The van der Waals surface area contributed by atoms with Crippen molar-refractivity contribution in [1.29, 1.82) is 0 Å². The first-order chi connectivity index (χ1) is 11.6. The summed E-state index contributed by atoms with van der Waals surface area (Å²) in [5.41, 5.74) is 1.25. The van der Waals surface area contributed by atoms with E-state index < -0.39 is 17.8 Å². The lowest BCUT2D eigenvalue weighted by atomic mass is 9.95. The molecule has 8 heteroatoms. The lowest BCUT2D eigenvalue weighted by Gasteiger charge is -2.28. The maximum atomic E-state index is 14.4. The van der Waals surface area contributed by atoms with Gasteiger partial charge in [-0.3, -0.25) is 0 Å². The number of halogens is 1. The van der Waals surface area contributed by atoms with Gasteiger partial charge in [0.05, 0.1) is 12.2 Å². The second-order valence-corrected chi connectivity index (χ2v) is 5.95. The van der Waals surface area contributed by atoms with Crippen LogP contribution in [0, 0.1) is 5.82 Å². The van der Waals surface area contributed by atoms with Crippen molar-refractivity contribution in [2.24, 2.45) is 0 Å². The molecule has 1 N–H and O–H groups in total. The Morgan fingerprint density at radius 3 is 2.88 bits per heavy atom. The van der Waals surface area contributed by atoms with Crippen LogP contribution in [0.25, 0.3) is 0 Å². The highest BCUT2D eigenvalue weighted by atomic mass is 32.2. The molecule has 0 bridgehead atoms. The zero-order valence-electron chi connectivity index (χ0n) is 13.5. The smallest absolute Gasteiger partial charge is 0.338 e. The number of carbonyl (C=O) groups is 1. The molecule has 1 aromatic carbocycles. The Labute approximate surface area is 143 Å². The van der Waals surface area contributed by atoms with E-state index in [2.05, 4.69) is 15.4 Å². The van der Waals surface area contributed by atoms with E-state index in [0.29, 0.717) is 27.9 Å². The first-order valence-corrected chi connectivity index (χ1v) is 8.69. The number of esters is 1. The minimum Gasteiger partial charge on any atom is -0.463 e. The van der Waals surface area contributed by atoms with E-state index in [1.807, 2.05) is 6.26 Å². The van der Waals surface area contributed by atoms with Crippen LogP contribution < -0.4 is 5.32 Å². The van der Waals surface area contributed by atoms with Crippen LogP contribution >= 0.6 is 11.8 Å². The second-order valence-electron chi connectivity index (χ2n) is 5.17. The van der Waals surface area contributed by atoms with E-state index in [1.54, 1.807) is 32.0 Å². The fraction of sp³-hybridized carbons (Fsp3) is 0.312. The molecular formula is C16H17FN4O2S. The number of allylic oxidation sites excluding steroid dienone is 1. The van der Waals surface area contributed by atoms with E-state index in [9.17, 15) is 9.18 Å². The Morgan fingerprint density at radius 2 is 2.21 bits per heavy atom. The maximum Gasteiger partial charge on any atom is 0.338 e. The number of ether oxygens (including phenoxy) is 1. The Morgan fingerprint density at radius 1 is 1.46 bits per heavy atom. The number of nitrogens with one attached hydrogen (secondary N) is 1. The molecule has 0 radical (unpaired) electrons. The molecule has 0 saturated heterocycles. The molecule has 0 amide bonds. The third kappa shape index (κ3) is 2.77. The molecule has 1 aliphatic rings. The van der Waals surface area contributed by atoms with Crippen molar-refractivity contribution in [2.45, 2.75) is 25.0 Å². The van der Waals surface area contributed by atoms with Gasteiger partial charge >= 0.3 is 5.97 Å². The van der Waals surface area contributed by atoms with Gasteiger partial charge in [-0.15, -0.1) is 5.10 Å². The summed E-state index contributed by atoms with van der Waals surface area (Å²) in [6.45, 7) is 3.71. The van der Waals surface area contributed by atoms with Crippen LogP contribution in [0.1, 0.15) is 25.5 Å². The summed E-state index contributed by atoms with van der Waals surface area (Å²) in [4.78, 5) is 16.8. The van der Waals surface area contributed by atoms with Crippen molar-refractivity contribution < 1.29 is 13.9 Å². The van der Waals surface area contributed by atoms with Crippen molar-refractivity contribution in [2.75, 3.05) is 18.2 Å². The SMILES string of the molecule is CCOC(=O)C1=C(C)Nc2nc(SC)nn2[C@H]1c1ccccc1F. The highest BCUT2D eigenvalue weighted by Gasteiger charge is 2.36. The van der Waals surface area contributed by atoms with Gasteiger partial charge in [0.15, 0.2) is 0 Å². The summed E-state index contributed by atoms with van der Waals surface area (Å²) in [6, 6.07) is 5.61. The third-order valence-electron chi connectivity index (χ3n) is 3.71. The van der Waals surface area contributed by atoms with Crippen molar-refractivity contribution in [1.82, 2.24) is 14.8 Å². The van der Waals surface area contributed by atoms with E-state index in [1.165, 1.54) is 22.5 Å². The van der Waals surface area contributed by atoms with Crippen molar-refractivity contribution in [3.8, 4) is 0 Å². The minimum absolute atomic E-state index is 0.236. The molecule has 24 heavy (non-hydrogen) atoms. The van der Waals surface area contributed by atoms with Gasteiger partial charge in [-0.2, -0.15) is 4.98 Å². The van der Waals surface area contributed by atoms with E-state index in [0.717, 1.165) is 0 Å². The summed E-state index contributed by atoms with van der Waals surface area (Å²) in [6.07, 6.45) is 1.85. The average Bonchev–Trinajstić information content (AvgIpc) is 2.97. The van der Waals surface area contributed by atoms with Gasteiger partial charge in [0.1, 0.15) is 11.9 Å². The topological polar surface area (TPSA) is 69.0 Å². The first kappa shape index (κ1) is 16.5. The van der Waals surface area contributed by atoms with Gasteiger partial charge in [0, 0.05) is 11.3 Å². The predicted octanol–water partition coefficient (Wildman–Crippen LogP) is 2.99. The maximum absolute atomic E-state index is 14.4. The predicted molar refractivity (Wildman–Crippen MR) is 89.3 cm³/mol. The van der Waals surface area contributed by atoms with Crippen molar-refractivity contribution in [3.05, 3.63) is 46.9 Å². The van der Waals surface area contributed by atoms with Crippen LogP contribution in [0.4, 0.5) is 10.3 Å². The lowest BCUT2D eigenvalue weighted by Crippen LogP contribution is -2.30. The fourth-order valence-electron chi connectivity index (χ4n) is 2.68. The number of hydrogen-bond acceptors (Lipinski definition) is 6. The van der Waals surface area contributed by atoms with Gasteiger partial charge in [-0.25, -0.2) is 13.9 Å². The summed E-state index contributed by atoms with van der Waals surface area (Å²) in [5.74, 6) is -0.438. The first-order valence-electron chi connectivity index (χ1n) is 7.46. The lowest BCUT2D eigenvalue weighted by molar-refractivity contribution is -0.139. The third-order valence-corrected chi connectivity index (χ3v) is 4.25. The van der Waals surface area contributed by atoms with Crippen LogP contribution in [0.3, 0.4) is 0 Å². The highest BCUT2D eigenvalue weighted by Crippen LogP contribution is 2.37. The quantitative estimate of drug-likeness (QED) is 0.677. The summed E-state index contributed by atoms with van der Waals surface area (Å²) < 4.78 is 21.1. The number of nitrogens with zero attached hydrogens (tertiary/aromatic N) is 3. The van der Waals surface area contributed by atoms with Crippen LogP contribution in [-0.4, -0.2) is 33.6 Å². The van der Waals surface area contributed by atoms with E-state index in [4.69, 9.17) is 4.74 Å². The number of carbonyl (C=O) groups excluding carboxylic acids is 1. The number of fused-ring (bicyclic) bond motifs is 1. The largest absolute Gasteiger partial charge is 0.463 e. The van der Waals surface area contributed by atoms with Gasteiger partial charge in [0.2, 0.25) is 11.1 Å². The van der Waals surface area contributed by atoms with Gasteiger partial charge in [0.25, 0.3) is 0 Å². The van der Waals surface area contributed by atoms with Crippen molar-refractivity contribution >= 4 is 23.7 Å². The molecule has 0 saturated carbocycles. The van der Waals surface area contributed by atoms with Crippen LogP contribution in [0.2, 0.25) is 0 Å². The number of anilines is 1. The summed E-state index contributed by atoms with van der Waals surface area (Å²) in [7, 11) is 0. The average molecular weight is 348 g/mol. The number of aromatic nitrogens is 3. The molecule has 0 aliphatic carbocycles. The molecule has 3 rings (SSSR count). The molecule has 0 fully saturated rings. The normalized spacial score (nSPS) is 16.6. The summed E-state index contributed by atoms with van der Waals surface area (Å²) >= 11 is 1.37. The molecular weight excluding hydrogens is 331 g/mol. The second kappa shape index (κ2) is 6.64. The highest BCUT2D eigenvalue weighted by molar-refractivity contribution is 7.98. The molecule has 1 aromatic heterocycles. The zero-order valence-corrected chi connectivity index (χ0v) is 14.4. The monoisotopic (exact) mass is 348 g/mol. The number of rotatable bonds is 4. The summed E-state index contributed by atoms with van der Waals surface area (Å²) in [5, 5.41) is 7.99. The van der Waals surface area contributed by atoms with Crippen LogP contribution in [0.5, 0.6) is 0 Å². The molecule has 0 spiro atoms. The Kier molecular flexibility index (Phi) is 4.57. The van der Waals surface area contributed by atoms with E-state index >= 15 is 0 Å². The molecule has 6 nitrogen and oxygen atoms in total. The Balaban J connectivity index is 2.20. The van der Waals surface area contributed by atoms with Crippen LogP contribution in [-0.2, 0) is 9.53 Å². The van der Waals surface area contributed by atoms with Gasteiger partial charge in [-0.05, 0) is 26.2 Å². The number of hydrogen-bond donors (Lipinski definition) is 1. The zero-order chi connectivity index (χ0) is 17.3. The van der Waals surface area contributed by atoms with E-state index in [-0.39, 0.29) is 6.61 Å². The molecule has 2 aromatic rings. The molecule has 1 aliphatic heterocycles. The molecule has 1 atom stereocenters. The molecule has 126 valence electrons. The van der Waals surface area contributed by atoms with Crippen LogP contribution in [0.15, 0.2) is 40.7 Å². The number of thioether (sulfide) groups is 1. The van der Waals surface area contributed by atoms with Gasteiger partial charge in [-0.1, -0.05) is 30.0 Å². The minimum atomic E-state index is -0.727. The number of benzene rings is 1. The van der Waals surface area contributed by atoms with Gasteiger partial charge < -0.3 is 10.1 Å². The Bertz CT molecular complexity index is 818.